The molecule has 7 N–H and O–H groups in total. The van der Waals surface area contributed by atoms with E-state index in [1.807, 2.05) is 13.8 Å². The number of imide groups is 1. The van der Waals surface area contributed by atoms with Crippen LogP contribution in [-0.4, -0.2) is 53.0 Å². The van der Waals surface area contributed by atoms with Gasteiger partial charge in [-0.25, -0.2) is 0 Å². The van der Waals surface area contributed by atoms with Gasteiger partial charge in [0, 0.05) is 0 Å². The minimum Gasteiger partial charge on any atom is -0.480 e. The van der Waals surface area contributed by atoms with E-state index in [0.29, 0.717) is 37.1 Å². The molecule has 22 heavy (non-hydrogen) atoms. The molecule has 0 bridgehead atoms. The van der Waals surface area contributed by atoms with Crippen LogP contribution in [0, 0.1) is 5.92 Å². The Hall–Kier alpha value is -1.51. The van der Waals surface area contributed by atoms with Gasteiger partial charge in [-0.15, -0.1) is 0 Å². The van der Waals surface area contributed by atoms with E-state index in [4.69, 9.17) is 22.3 Å². The highest BCUT2D eigenvalue weighted by molar-refractivity contribution is 6.02. The third-order valence-corrected chi connectivity index (χ3v) is 3.15. The highest BCUT2D eigenvalue weighted by Gasteiger charge is 2.31. The van der Waals surface area contributed by atoms with Gasteiger partial charge >= 0.3 is 5.97 Å². The van der Waals surface area contributed by atoms with Gasteiger partial charge in [-0.1, -0.05) is 20.3 Å². The van der Waals surface area contributed by atoms with E-state index >= 15 is 0 Å². The molecule has 0 spiro atoms. The van der Waals surface area contributed by atoms with Crippen molar-refractivity contribution in [3.05, 3.63) is 0 Å². The van der Waals surface area contributed by atoms with Crippen LogP contribution in [-0.2, 0) is 14.4 Å². The number of amides is 2. The fraction of sp³-hybridized carbons (Fsp3) is 0.786. The molecule has 0 rings (SSSR count). The molecule has 2 atom stereocenters. The van der Waals surface area contributed by atoms with E-state index in [2.05, 4.69) is 0 Å². The summed E-state index contributed by atoms with van der Waals surface area (Å²) in [5, 5.41) is 8.90. The Morgan fingerprint density at radius 3 is 2.05 bits per heavy atom. The Kier molecular flexibility index (Phi) is 9.55. The van der Waals surface area contributed by atoms with Crippen LogP contribution in [0.15, 0.2) is 0 Å². The molecule has 0 heterocycles. The molecule has 0 aromatic heterocycles. The van der Waals surface area contributed by atoms with Crippen molar-refractivity contribution in [3.63, 3.8) is 0 Å². The quantitative estimate of drug-likeness (QED) is 0.387. The predicted octanol–water partition coefficient (Wildman–Crippen LogP) is -0.744. The third-order valence-electron chi connectivity index (χ3n) is 3.15. The van der Waals surface area contributed by atoms with Crippen molar-refractivity contribution in [1.82, 2.24) is 4.90 Å². The first-order chi connectivity index (χ1) is 10.2. The van der Waals surface area contributed by atoms with Crippen LogP contribution < -0.4 is 17.2 Å². The molecule has 0 aliphatic heterocycles. The summed E-state index contributed by atoms with van der Waals surface area (Å²) in [6.07, 6.45) is 2.06. The topological polar surface area (TPSA) is 153 Å². The van der Waals surface area contributed by atoms with Gasteiger partial charge in [-0.3, -0.25) is 19.3 Å². The summed E-state index contributed by atoms with van der Waals surface area (Å²) in [7, 11) is 0. The summed E-state index contributed by atoms with van der Waals surface area (Å²) in [5.41, 5.74) is 16.9. The van der Waals surface area contributed by atoms with Gasteiger partial charge in [-0.2, -0.15) is 0 Å². The molecule has 0 fully saturated rings. The molecular formula is C14H28N4O4. The molecule has 0 aromatic carbocycles. The molecule has 0 aromatic rings. The van der Waals surface area contributed by atoms with E-state index < -0.39 is 36.4 Å². The molecule has 2 unspecified atom stereocenters. The van der Waals surface area contributed by atoms with Crippen LogP contribution in [0.4, 0.5) is 0 Å². The maximum atomic E-state index is 12.2. The van der Waals surface area contributed by atoms with Crippen LogP contribution >= 0.6 is 0 Å². The summed E-state index contributed by atoms with van der Waals surface area (Å²) in [6, 6.07) is -1.85. The van der Waals surface area contributed by atoms with Crippen LogP contribution in [0.1, 0.15) is 39.5 Å². The number of rotatable bonds is 10. The standard InChI is InChI=1S/C14H28N4O4/c1-9(2)7-11(17)14(22)18(8-12(19)20)13(21)10(16)5-3-4-6-15/h9-11H,3-8,15-17H2,1-2H3,(H,19,20). The lowest BCUT2D eigenvalue weighted by atomic mass is 10.0. The van der Waals surface area contributed by atoms with Crippen LogP contribution in [0.25, 0.3) is 0 Å². The fourth-order valence-electron chi connectivity index (χ4n) is 2.04. The van der Waals surface area contributed by atoms with E-state index in [0.717, 1.165) is 0 Å². The first-order valence-electron chi connectivity index (χ1n) is 7.48. The largest absolute Gasteiger partial charge is 0.480 e. The average molecular weight is 316 g/mol. The summed E-state index contributed by atoms with van der Waals surface area (Å²) >= 11 is 0. The van der Waals surface area contributed by atoms with Crippen LogP contribution in [0.3, 0.4) is 0 Å². The second-order valence-electron chi connectivity index (χ2n) is 5.78. The minimum atomic E-state index is -1.28. The number of hydrogen-bond donors (Lipinski definition) is 4. The van der Waals surface area contributed by atoms with Gasteiger partial charge in [-0.05, 0) is 31.7 Å². The lowest BCUT2D eigenvalue weighted by Gasteiger charge is -2.25. The Labute approximate surface area is 131 Å². The number of carbonyl (C=O) groups is 3. The molecule has 0 radical (unpaired) electrons. The Morgan fingerprint density at radius 1 is 1.05 bits per heavy atom. The Balaban J connectivity index is 4.90. The highest BCUT2D eigenvalue weighted by atomic mass is 16.4. The van der Waals surface area contributed by atoms with Gasteiger partial charge in [0.25, 0.3) is 0 Å². The van der Waals surface area contributed by atoms with Crippen molar-refractivity contribution >= 4 is 17.8 Å². The zero-order chi connectivity index (χ0) is 17.3. The van der Waals surface area contributed by atoms with Gasteiger partial charge in [0.05, 0.1) is 12.1 Å². The fourth-order valence-corrected chi connectivity index (χ4v) is 2.04. The number of hydrogen-bond acceptors (Lipinski definition) is 6. The van der Waals surface area contributed by atoms with Crippen molar-refractivity contribution in [2.24, 2.45) is 23.1 Å². The molecular weight excluding hydrogens is 288 g/mol. The number of aliphatic carboxylic acids is 1. The lowest BCUT2D eigenvalue weighted by molar-refractivity contribution is -0.154. The number of unbranched alkanes of at least 4 members (excludes halogenated alkanes) is 1. The lowest BCUT2D eigenvalue weighted by Crippen LogP contribution is -2.54. The van der Waals surface area contributed by atoms with Gasteiger partial charge in [0.1, 0.15) is 6.54 Å². The zero-order valence-electron chi connectivity index (χ0n) is 13.3. The van der Waals surface area contributed by atoms with Crippen molar-refractivity contribution in [1.29, 1.82) is 0 Å². The average Bonchev–Trinajstić information content (AvgIpc) is 2.42. The van der Waals surface area contributed by atoms with Crippen LogP contribution in [0.5, 0.6) is 0 Å². The number of nitrogens with two attached hydrogens (primary N) is 3. The molecule has 0 saturated heterocycles. The summed E-state index contributed by atoms with van der Waals surface area (Å²) in [4.78, 5) is 36.0. The number of carbonyl (C=O) groups excluding carboxylic acids is 2. The van der Waals surface area contributed by atoms with Crippen molar-refractivity contribution in [2.75, 3.05) is 13.1 Å². The maximum Gasteiger partial charge on any atom is 0.323 e. The van der Waals surface area contributed by atoms with Crippen molar-refractivity contribution in [3.8, 4) is 0 Å². The second kappa shape index (κ2) is 10.3. The monoisotopic (exact) mass is 316 g/mol. The Bertz CT molecular complexity index is 387. The van der Waals surface area contributed by atoms with Crippen molar-refractivity contribution in [2.45, 2.75) is 51.6 Å². The molecule has 128 valence electrons. The minimum absolute atomic E-state index is 0.152. The first kappa shape index (κ1) is 20.5. The van der Waals surface area contributed by atoms with Crippen LogP contribution in [0.2, 0.25) is 0 Å². The summed E-state index contributed by atoms with van der Waals surface area (Å²) in [6.45, 7) is 3.52. The molecule has 8 heteroatoms. The van der Waals surface area contributed by atoms with E-state index in [9.17, 15) is 14.4 Å². The maximum absolute atomic E-state index is 12.2. The zero-order valence-corrected chi connectivity index (χ0v) is 13.3. The van der Waals surface area contributed by atoms with Gasteiger partial charge < -0.3 is 22.3 Å². The third kappa shape index (κ3) is 7.48. The first-order valence-corrected chi connectivity index (χ1v) is 7.48. The predicted molar refractivity (Wildman–Crippen MR) is 82.7 cm³/mol. The summed E-state index contributed by atoms with van der Waals surface area (Å²) < 4.78 is 0. The van der Waals surface area contributed by atoms with Crippen molar-refractivity contribution < 1.29 is 19.5 Å². The smallest absolute Gasteiger partial charge is 0.323 e. The molecule has 0 saturated carbocycles. The van der Waals surface area contributed by atoms with Gasteiger partial charge in [0.15, 0.2) is 0 Å². The van der Waals surface area contributed by atoms with E-state index in [-0.39, 0.29) is 5.92 Å². The summed E-state index contributed by atoms with van der Waals surface area (Å²) in [5.74, 6) is -2.54. The number of nitrogens with zero attached hydrogens (tertiary/aromatic N) is 1. The Morgan fingerprint density at radius 2 is 1.59 bits per heavy atom. The molecule has 8 nitrogen and oxygen atoms in total. The molecule has 2 amide bonds. The molecule has 0 aliphatic carbocycles. The van der Waals surface area contributed by atoms with Gasteiger partial charge in [0.2, 0.25) is 11.8 Å². The number of carboxylic acids is 1. The normalized spacial score (nSPS) is 13.7. The molecule has 0 aliphatic rings. The van der Waals surface area contributed by atoms with E-state index in [1.54, 1.807) is 0 Å². The van der Waals surface area contributed by atoms with E-state index in [1.165, 1.54) is 0 Å². The SMILES string of the molecule is CC(C)CC(N)C(=O)N(CC(=O)O)C(=O)C(N)CCCCN. The highest BCUT2D eigenvalue weighted by Crippen LogP contribution is 2.09. The number of carboxylic acid groups (broad SMARTS) is 1. The second-order valence-corrected chi connectivity index (χ2v) is 5.78.